The molecule has 0 rings (SSSR count). The predicted octanol–water partition coefficient (Wildman–Crippen LogP) is 2.67. The number of nitriles is 1. The van der Waals surface area contributed by atoms with Crippen LogP contribution >= 0.6 is 0 Å². The van der Waals surface area contributed by atoms with Gasteiger partial charge in [0.15, 0.2) is 0 Å². The smallest absolute Gasteiger partial charge is 0.0627 e. The fraction of sp³-hybridized carbons (Fsp3) is 0.444. The van der Waals surface area contributed by atoms with Crippen LogP contribution in [0.2, 0.25) is 0 Å². The van der Waals surface area contributed by atoms with E-state index < -0.39 is 0 Å². The molecule has 0 N–H and O–H groups in total. The molecule has 1 nitrogen and oxygen atoms in total. The van der Waals surface area contributed by atoms with Crippen molar-refractivity contribution < 1.29 is 0 Å². The topological polar surface area (TPSA) is 23.8 Å². The van der Waals surface area contributed by atoms with Crippen molar-refractivity contribution in [2.45, 2.75) is 20.3 Å². The van der Waals surface area contributed by atoms with Crippen LogP contribution in [0.15, 0.2) is 24.3 Å². The van der Waals surface area contributed by atoms with Crippen LogP contribution in [0.5, 0.6) is 0 Å². The second-order valence-electron chi connectivity index (χ2n) is 2.25. The van der Waals surface area contributed by atoms with Crippen molar-refractivity contribution in [3.63, 3.8) is 0 Å². The Morgan fingerprint density at radius 1 is 1.50 bits per heavy atom. The molecular formula is C9H13N. The van der Waals surface area contributed by atoms with Crippen molar-refractivity contribution >= 4 is 0 Å². The van der Waals surface area contributed by atoms with Gasteiger partial charge >= 0.3 is 0 Å². The van der Waals surface area contributed by atoms with E-state index in [1.807, 2.05) is 38.2 Å². The van der Waals surface area contributed by atoms with Crippen LogP contribution in [-0.2, 0) is 0 Å². The minimum atomic E-state index is 0.376. The van der Waals surface area contributed by atoms with Crippen LogP contribution in [-0.4, -0.2) is 0 Å². The highest BCUT2D eigenvalue weighted by atomic mass is 14.2. The average Bonchev–Trinajstić information content (AvgIpc) is 1.89. The van der Waals surface area contributed by atoms with E-state index in [9.17, 15) is 0 Å². The quantitative estimate of drug-likeness (QED) is 0.546. The molecule has 54 valence electrons. The summed E-state index contributed by atoms with van der Waals surface area (Å²) in [6, 6.07) is 2.12. The highest BCUT2D eigenvalue weighted by molar-refractivity contribution is 5.03. The molecule has 1 atom stereocenters. The van der Waals surface area contributed by atoms with Crippen molar-refractivity contribution in [3.8, 4) is 6.07 Å². The SMILES string of the molecule is CC=CC=CC(C)CC#N. The highest BCUT2D eigenvalue weighted by Gasteiger charge is 1.91. The lowest BCUT2D eigenvalue weighted by Gasteiger charge is -1.94. The molecule has 0 amide bonds. The first-order valence-electron chi connectivity index (χ1n) is 3.47. The maximum absolute atomic E-state index is 8.29. The number of hydrogen-bond acceptors (Lipinski definition) is 1. The van der Waals surface area contributed by atoms with Crippen LogP contribution in [0.4, 0.5) is 0 Å². The summed E-state index contributed by atoms with van der Waals surface area (Å²) in [6.07, 6.45) is 8.54. The molecule has 0 aliphatic carbocycles. The second-order valence-corrected chi connectivity index (χ2v) is 2.25. The van der Waals surface area contributed by atoms with Gasteiger partial charge in [0.05, 0.1) is 6.07 Å². The van der Waals surface area contributed by atoms with Crippen LogP contribution in [0, 0.1) is 17.2 Å². The van der Waals surface area contributed by atoms with Crippen LogP contribution < -0.4 is 0 Å². The van der Waals surface area contributed by atoms with E-state index in [1.165, 1.54) is 0 Å². The van der Waals surface area contributed by atoms with Crippen LogP contribution in [0.3, 0.4) is 0 Å². The molecule has 0 aliphatic rings. The zero-order valence-electron chi connectivity index (χ0n) is 6.54. The lowest BCUT2D eigenvalue weighted by molar-refractivity contribution is 0.753. The monoisotopic (exact) mass is 135 g/mol. The predicted molar refractivity (Wildman–Crippen MR) is 43.3 cm³/mol. The van der Waals surface area contributed by atoms with Gasteiger partial charge in [0, 0.05) is 6.42 Å². The third kappa shape index (κ3) is 5.11. The lowest BCUT2D eigenvalue weighted by Crippen LogP contribution is -1.84. The first kappa shape index (κ1) is 8.97. The minimum absolute atomic E-state index is 0.376. The van der Waals surface area contributed by atoms with Crippen LogP contribution in [0.1, 0.15) is 20.3 Å². The molecule has 1 heteroatoms. The van der Waals surface area contributed by atoms with E-state index >= 15 is 0 Å². The van der Waals surface area contributed by atoms with Crippen molar-refractivity contribution in [1.82, 2.24) is 0 Å². The van der Waals surface area contributed by atoms with Gasteiger partial charge in [-0.15, -0.1) is 0 Å². The molecule has 1 unspecified atom stereocenters. The molecule has 0 radical (unpaired) electrons. The number of allylic oxidation sites excluding steroid dienone is 4. The minimum Gasteiger partial charge on any atom is -0.198 e. The van der Waals surface area contributed by atoms with Gasteiger partial charge in [0.2, 0.25) is 0 Å². The molecule has 0 heterocycles. The lowest BCUT2D eigenvalue weighted by atomic mass is 10.1. The van der Waals surface area contributed by atoms with E-state index in [2.05, 4.69) is 6.07 Å². The molecule has 0 aliphatic heterocycles. The Morgan fingerprint density at radius 2 is 2.20 bits per heavy atom. The molecular weight excluding hydrogens is 122 g/mol. The molecule has 0 saturated heterocycles. The van der Waals surface area contributed by atoms with Crippen molar-refractivity contribution in [2.24, 2.45) is 5.92 Å². The van der Waals surface area contributed by atoms with Gasteiger partial charge in [0.25, 0.3) is 0 Å². The van der Waals surface area contributed by atoms with Gasteiger partial charge in [0.1, 0.15) is 0 Å². The van der Waals surface area contributed by atoms with E-state index in [0.29, 0.717) is 12.3 Å². The third-order valence-electron chi connectivity index (χ3n) is 1.16. The van der Waals surface area contributed by atoms with Crippen molar-refractivity contribution in [1.29, 1.82) is 5.26 Å². The first-order valence-corrected chi connectivity index (χ1v) is 3.47. The Morgan fingerprint density at radius 3 is 2.70 bits per heavy atom. The van der Waals surface area contributed by atoms with Gasteiger partial charge < -0.3 is 0 Å². The second kappa shape index (κ2) is 6.10. The Hall–Kier alpha value is -1.03. The standard InChI is InChI=1S/C9H13N/c1-3-4-5-6-9(2)7-8-10/h3-6,9H,7H2,1-2H3. The third-order valence-corrected chi connectivity index (χ3v) is 1.16. The molecule has 10 heavy (non-hydrogen) atoms. The van der Waals surface area contributed by atoms with Crippen molar-refractivity contribution in [3.05, 3.63) is 24.3 Å². The molecule has 0 fully saturated rings. The van der Waals surface area contributed by atoms with Gasteiger partial charge in [-0.1, -0.05) is 31.2 Å². The number of hydrogen-bond donors (Lipinski definition) is 0. The molecule has 0 aromatic carbocycles. The van der Waals surface area contributed by atoms with Crippen molar-refractivity contribution in [2.75, 3.05) is 0 Å². The van der Waals surface area contributed by atoms with E-state index in [-0.39, 0.29) is 0 Å². The van der Waals surface area contributed by atoms with E-state index in [1.54, 1.807) is 0 Å². The molecule has 0 bridgehead atoms. The maximum atomic E-state index is 8.29. The van der Waals surface area contributed by atoms with Gasteiger partial charge in [-0.05, 0) is 12.8 Å². The van der Waals surface area contributed by atoms with Gasteiger partial charge in [-0.25, -0.2) is 0 Å². The zero-order chi connectivity index (χ0) is 7.82. The summed E-state index contributed by atoms with van der Waals surface area (Å²) in [4.78, 5) is 0. The summed E-state index contributed by atoms with van der Waals surface area (Å²) in [5.74, 6) is 0.376. The van der Waals surface area contributed by atoms with Gasteiger partial charge in [-0.2, -0.15) is 5.26 Å². The fourth-order valence-electron chi connectivity index (χ4n) is 0.577. The highest BCUT2D eigenvalue weighted by Crippen LogP contribution is 2.01. The normalized spacial score (nSPS) is 14.1. The van der Waals surface area contributed by atoms with E-state index in [4.69, 9.17) is 5.26 Å². The van der Waals surface area contributed by atoms with Gasteiger partial charge in [-0.3, -0.25) is 0 Å². The molecule has 0 saturated carbocycles. The zero-order valence-corrected chi connectivity index (χ0v) is 6.54. The Bertz CT molecular complexity index is 160. The van der Waals surface area contributed by atoms with E-state index in [0.717, 1.165) is 0 Å². The fourth-order valence-corrected chi connectivity index (χ4v) is 0.577. The average molecular weight is 135 g/mol. The maximum Gasteiger partial charge on any atom is 0.0627 e. The first-order chi connectivity index (χ1) is 4.81. The molecule has 0 aromatic heterocycles. The summed E-state index contributed by atoms with van der Waals surface area (Å²) in [7, 11) is 0. The Balaban J connectivity index is 3.57. The molecule has 0 aromatic rings. The number of rotatable bonds is 3. The molecule has 0 spiro atoms. The summed E-state index contributed by atoms with van der Waals surface area (Å²) >= 11 is 0. The Kier molecular flexibility index (Phi) is 5.47. The summed E-state index contributed by atoms with van der Waals surface area (Å²) in [5.41, 5.74) is 0. The number of nitrogens with zero attached hydrogens (tertiary/aromatic N) is 1. The summed E-state index contributed by atoms with van der Waals surface area (Å²) in [6.45, 7) is 4.00. The Labute approximate surface area is 62.7 Å². The largest absolute Gasteiger partial charge is 0.198 e. The summed E-state index contributed by atoms with van der Waals surface area (Å²) in [5, 5.41) is 8.29. The summed E-state index contributed by atoms with van der Waals surface area (Å²) < 4.78 is 0. The van der Waals surface area contributed by atoms with Crippen LogP contribution in [0.25, 0.3) is 0 Å².